The van der Waals surface area contributed by atoms with Crippen molar-refractivity contribution >= 4 is 61.2 Å². The van der Waals surface area contributed by atoms with Gasteiger partial charge in [0.2, 0.25) is 5.91 Å². The van der Waals surface area contributed by atoms with E-state index in [1.54, 1.807) is 6.92 Å². The molecule has 0 fully saturated rings. The average Bonchev–Trinajstić information content (AvgIpc) is 3.01. The molecule has 7 rings (SSSR count). The Bertz CT molecular complexity index is 1950. The molecule has 42 heavy (non-hydrogen) atoms. The molecule has 0 saturated heterocycles. The molecule has 208 valence electrons. The van der Waals surface area contributed by atoms with Crippen molar-refractivity contribution in [3.8, 4) is 0 Å². The van der Waals surface area contributed by atoms with Crippen molar-refractivity contribution in [2.75, 3.05) is 16.3 Å². The Morgan fingerprint density at radius 1 is 0.786 bits per heavy atom. The van der Waals surface area contributed by atoms with Crippen molar-refractivity contribution in [1.29, 1.82) is 0 Å². The van der Waals surface area contributed by atoms with Crippen molar-refractivity contribution in [2.45, 2.75) is 38.8 Å². The van der Waals surface area contributed by atoms with Crippen LogP contribution in [-0.2, 0) is 11.2 Å². The van der Waals surface area contributed by atoms with Crippen LogP contribution in [0, 0.1) is 0 Å². The minimum Gasteiger partial charge on any atom is -0.368 e. The number of anilines is 2. The van der Waals surface area contributed by atoms with E-state index in [0.717, 1.165) is 36.3 Å². The van der Waals surface area contributed by atoms with Crippen LogP contribution >= 0.6 is 11.6 Å². The maximum absolute atomic E-state index is 13.2. The van der Waals surface area contributed by atoms with Gasteiger partial charge in [0.15, 0.2) is 0 Å². The monoisotopic (exact) mass is 568 g/mol. The number of fused-ring (bicyclic) bond motifs is 6. The Hall–Kier alpha value is -4.34. The van der Waals surface area contributed by atoms with Crippen LogP contribution in [0.3, 0.4) is 0 Å². The minimum absolute atomic E-state index is 0.0333. The van der Waals surface area contributed by atoms with Gasteiger partial charge in [-0.3, -0.25) is 4.79 Å². The molecular formula is C38H33ClN2O. The second-order valence-corrected chi connectivity index (χ2v) is 11.8. The van der Waals surface area contributed by atoms with E-state index in [9.17, 15) is 4.79 Å². The highest BCUT2D eigenvalue weighted by Crippen LogP contribution is 2.44. The molecule has 0 bridgehead atoms. The number of halogens is 1. The number of likely N-dealkylation sites (N-methyl/N-ethyl adjacent to an activating group) is 1. The predicted octanol–water partition coefficient (Wildman–Crippen LogP) is 9.74. The highest BCUT2D eigenvalue weighted by atomic mass is 35.5. The zero-order valence-corrected chi connectivity index (χ0v) is 24.7. The first-order valence-electron chi connectivity index (χ1n) is 14.8. The molecule has 3 nitrogen and oxygen atoms in total. The van der Waals surface area contributed by atoms with E-state index in [2.05, 4.69) is 84.6 Å². The molecule has 6 aromatic carbocycles. The zero-order chi connectivity index (χ0) is 28.8. The largest absolute Gasteiger partial charge is 0.368 e. The second kappa shape index (κ2) is 10.8. The number of benzene rings is 6. The van der Waals surface area contributed by atoms with E-state index in [-0.39, 0.29) is 18.0 Å². The Morgan fingerprint density at radius 2 is 1.48 bits per heavy atom. The molecule has 0 aromatic heterocycles. The van der Waals surface area contributed by atoms with Crippen LogP contribution in [0.2, 0.25) is 5.02 Å². The van der Waals surface area contributed by atoms with E-state index in [0.29, 0.717) is 5.02 Å². The van der Waals surface area contributed by atoms with Crippen molar-refractivity contribution in [3.05, 3.63) is 131 Å². The zero-order valence-electron chi connectivity index (χ0n) is 23.9. The fourth-order valence-corrected chi connectivity index (χ4v) is 7.26. The van der Waals surface area contributed by atoms with Crippen LogP contribution < -0.4 is 9.80 Å². The summed E-state index contributed by atoms with van der Waals surface area (Å²) in [6.45, 7) is 4.75. The molecule has 1 amide bonds. The van der Waals surface area contributed by atoms with Gasteiger partial charge in [-0.1, -0.05) is 96.5 Å². The molecule has 2 unspecified atom stereocenters. The van der Waals surface area contributed by atoms with Crippen molar-refractivity contribution < 1.29 is 4.79 Å². The standard InChI is InChI=1S/C38H33ClN2O/c1-3-40-31(24-38(36-23-29(39)16-20-37(36)40)41(25(2)42)30-10-5-4-6-11-30)22-26-13-17-33-28(21-26)15-19-34-32-12-8-7-9-27(32)14-18-35(33)34/h4-21,23,31,38H,3,22,24H2,1-2H3. The van der Waals surface area contributed by atoms with Gasteiger partial charge in [-0.05, 0) is 93.5 Å². The molecule has 0 N–H and O–H groups in total. The third-order valence-electron chi connectivity index (χ3n) is 8.90. The molecule has 0 spiro atoms. The maximum Gasteiger partial charge on any atom is 0.224 e. The van der Waals surface area contributed by atoms with E-state index in [1.807, 2.05) is 47.4 Å². The van der Waals surface area contributed by atoms with Crippen LogP contribution in [0.5, 0.6) is 0 Å². The van der Waals surface area contributed by atoms with Crippen molar-refractivity contribution in [3.63, 3.8) is 0 Å². The number of hydrogen-bond donors (Lipinski definition) is 0. The molecule has 1 heterocycles. The Labute approximate surface area is 251 Å². The topological polar surface area (TPSA) is 23.6 Å². The van der Waals surface area contributed by atoms with Gasteiger partial charge in [0, 0.05) is 35.9 Å². The fraction of sp³-hybridized carbons (Fsp3) is 0.184. The van der Waals surface area contributed by atoms with Gasteiger partial charge in [0.05, 0.1) is 6.04 Å². The van der Waals surface area contributed by atoms with E-state index in [1.165, 1.54) is 37.9 Å². The minimum atomic E-state index is -0.107. The third kappa shape index (κ3) is 4.59. The molecule has 0 aliphatic carbocycles. The third-order valence-corrected chi connectivity index (χ3v) is 9.13. The SMILES string of the molecule is CCN1c2ccc(Cl)cc2C(N(C(C)=O)c2ccccc2)CC1Cc1ccc2c(ccc3c4ccccc4ccc23)c1. The molecule has 6 aromatic rings. The Kier molecular flexibility index (Phi) is 6.84. The smallest absolute Gasteiger partial charge is 0.224 e. The van der Waals surface area contributed by atoms with Crippen LogP contribution in [0.1, 0.15) is 37.4 Å². The number of amides is 1. The van der Waals surface area contributed by atoms with Crippen molar-refractivity contribution in [1.82, 2.24) is 0 Å². The summed E-state index contributed by atoms with van der Waals surface area (Å²) in [6, 6.07) is 40.8. The predicted molar refractivity (Wildman–Crippen MR) is 178 cm³/mol. The lowest BCUT2D eigenvalue weighted by Crippen LogP contribution is -2.47. The number of nitrogens with zero attached hydrogens (tertiary/aromatic N) is 2. The first-order chi connectivity index (χ1) is 20.5. The van der Waals surface area contributed by atoms with Gasteiger partial charge in [0.25, 0.3) is 0 Å². The average molecular weight is 569 g/mol. The molecule has 2 atom stereocenters. The van der Waals surface area contributed by atoms with Crippen LogP contribution in [0.4, 0.5) is 11.4 Å². The molecule has 0 radical (unpaired) electrons. The molecule has 1 aliphatic heterocycles. The number of carbonyl (C=O) groups excluding carboxylic acids is 1. The summed E-state index contributed by atoms with van der Waals surface area (Å²) in [4.78, 5) is 17.6. The number of carbonyl (C=O) groups is 1. The van der Waals surface area contributed by atoms with Crippen LogP contribution in [0.15, 0.2) is 115 Å². The van der Waals surface area contributed by atoms with Gasteiger partial charge >= 0.3 is 0 Å². The van der Waals surface area contributed by atoms with Gasteiger partial charge in [-0.25, -0.2) is 0 Å². The number of rotatable bonds is 5. The normalized spacial score (nSPS) is 16.6. The second-order valence-electron chi connectivity index (χ2n) is 11.3. The lowest BCUT2D eigenvalue weighted by atomic mass is 9.86. The van der Waals surface area contributed by atoms with Crippen LogP contribution in [0.25, 0.3) is 32.3 Å². The fourth-order valence-electron chi connectivity index (χ4n) is 7.08. The maximum atomic E-state index is 13.2. The summed E-state index contributed by atoms with van der Waals surface area (Å²) < 4.78 is 0. The van der Waals surface area contributed by atoms with Crippen molar-refractivity contribution in [2.24, 2.45) is 0 Å². The highest BCUT2D eigenvalue weighted by molar-refractivity contribution is 6.30. The van der Waals surface area contributed by atoms with E-state index in [4.69, 9.17) is 11.6 Å². The number of para-hydroxylation sites is 1. The molecule has 0 saturated carbocycles. The summed E-state index contributed by atoms with van der Waals surface area (Å²) >= 11 is 6.54. The number of hydrogen-bond acceptors (Lipinski definition) is 2. The Morgan fingerprint density at radius 3 is 2.24 bits per heavy atom. The van der Waals surface area contributed by atoms with Gasteiger partial charge in [-0.15, -0.1) is 0 Å². The van der Waals surface area contributed by atoms with E-state index >= 15 is 0 Å². The lowest BCUT2D eigenvalue weighted by molar-refractivity contribution is -0.117. The summed E-state index contributed by atoms with van der Waals surface area (Å²) in [5, 5.41) is 8.37. The summed E-state index contributed by atoms with van der Waals surface area (Å²) in [5.74, 6) is 0.0333. The first kappa shape index (κ1) is 26.6. The molecule has 1 aliphatic rings. The summed E-state index contributed by atoms with van der Waals surface area (Å²) in [7, 11) is 0. The summed E-state index contributed by atoms with van der Waals surface area (Å²) in [5.41, 5.74) is 4.48. The molecular weight excluding hydrogens is 536 g/mol. The van der Waals surface area contributed by atoms with E-state index < -0.39 is 0 Å². The quantitative estimate of drug-likeness (QED) is 0.193. The van der Waals surface area contributed by atoms with Gasteiger partial charge in [-0.2, -0.15) is 0 Å². The molecule has 4 heteroatoms. The summed E-state index contributed by atoms with van der Waals surface area (Å²) in [6.07, 6.45) is 1.70. The first-order valence-corrected chi connectivity index (χ1v) is 15.1. The Balaban J connectivity index is 1.28. The van der Waals surface area contributed by atoms with Gasteiger partial charge < -0.3 is 9.80 Å². The van der Waals surface area contributed by atoms with Crippen LogP contribution in [-0.4, -0.2) is 18.5 Å². The lowest BCUT2D eigenvalue weighted by Gasteiger charge is -2.45. The highest BCUT2D eigenvalue weighted by Gasteiger charge is 2.37. The van der Waals surface area contributed by atoms with Gasteiger partial charge in [0.1, 0.15) is 0 Å².